The highest BCUT2D eigenvalue weighted by Crippen LogP contribution is 2.26. The number of rotatable bonds is 6. The molecule has 1 N–H and O–H groups in total. The third kappa shape index (κ3) is 4.77. The monoisotopic (exact) mass is 393 g/mol. The SMILES string of the molecule is COc1ccc(C(=O)Nc2ccnn2Cc2ccc(C(C)(C)C)cc2)c(OC)c1. The summed E-state index contributed by atoms with van der Waals surface area (Å²) in [6, 6.07) is 15.3. The molecule has 3 rings (SSSR count). The van der Waals surface area contributed by atoms with E-state index in [1.165, 1.54) is 12.7 Å². The number of carbonyl (C=O) groups excluding carboxylic acids is 1. The molecule has 152 valence electrons. The quantitative estimate of drug-likeness (QED) is 0.670. The molecule has 0 aliphatic heterocycles. The molecular weight excluding hydrogens is 366 g/mol. The van der Waals surface area contributed by atoms with E-state index in [2.05, 4.69) is 55.5 Å². The lowest BCUT2D eigenvalue weighted by Crippen LogP contribution is -2.17. The standard InChI is InChI=1S/C23H27N3O3/c1-23(2,3)17-8-6-16(7-9-17)15-26-21(12-13-24-26)25-22(27)19-11-10-18(28-4)14-20(19)29-5/h6-14H,15H2,1-5H3,(H,25,27). The summed E-state index contributed by atoms with van der Waals surface area (Å²) in [6.45, 7) is 7.14. The van der Waals surface area contributed by atoms with Crippen molar-refractivity contribution in [1.29, 1.82) is 0 Å². The predicted molar refractivity (Wildman–Crippen MR) is 114 cm³/mol. The number of methoxy groups -OCH3 is 2. The summed E-state index contributed by atoms with van der Waals surface area (Å²) in [6.07, 6.45) is 1.67. The van der Waals surface area contributed by atoms with Gasteiger partial charge in [-0.05, 0) is 28.7 Å². The van der Waals surface area contributed by atoms with E-state index < -0.39 is 0 Å². The average Bonchev–Trinajstić information content (AvgIpc) is 3.13. The highest BCUT2D eigenvalue weighted by atomic mass is 16.5. The minimum atomic E-state index is -0.269. The van der Waals surface area contributed by atoms with E-state index in [1.54, 1.807) is 42.3 Å². The normalized spacial score (nSPS) is 11.2. The smallest absolute Gasteiger partial charge is 0.260 e. The van der Waals surface area contributed by atoms with Crippen LogP contribution in [0.15, 0.2) is 54.7 Å². The zero-order valence-electron chi connectivity index (χ0n) is 17.5. The van der Waals surface area contributed by atoms with Crippen LogP contribution in [0.2, 0.25) is 0 Å². The van der Waals surface area contributed by atoms with Gasteiger partial charge in [0.1, 0.15) is 17.3 Å². The van der Waals surface area contributed by atoms with Crippen molar-refractivity contribution in [1.82, 2.24) is 9.78 Å². The molecule has 0 radical (unpaired) electrons. The molecule has 6 heteroatoms. The van der Waals surface area contributed by atoms with E-state index in [0.29, 0.717) is 29.4 Å². The molecule has 0 bridgehead atoms. The van der Waals surface area contributed by atoms with Gasteiger partial charge >= 0.3 is 0 Å². The van der Waals surface area contributed by atoms with Gasteiger partial charge in [0.25, 0.3) is 5.91 Å². The predicted octanol–water partition coefficient (Wildman–Crippen LogP) is 4.50. The van der Waals surface area contributed by atoms with E-state index in [9.17, 15) is 4.79 Å². The number of hydrogen-bond acceptors (Lipinski definition) is 4. The van der Waals surface area contributed by atoms with Crippen molar-refractivity contribution in [3.8, 4) is 11.5 Å². The molecule has 1 heterocycles. The van der Waals surface area contributed by atoms with Gasteiger partial charge in [-0.1, -0.05) is 45.0 Å². The third-order valence-electron chi connectivity index (χ3n) is 4.76. The van der Waals surface area contributed by atoms with E-state index in [-0.39, 0.29) is 11.3 Å². The van der Waals surface area contributed by atoms with Crippen molar-refractivity contribution < 1.29 is 14.3 Å². The van der Waals surface area contributed by atoms with Gasteiger partial charge in [0.15, 0.2) is 0 Å². The minimum Gasteiger partial charge on any atom is -0.497 e. The van der Waals surface area contributed by atoms with Crippen LogP contribution >= 0.6 is 0 Å². The second-order valence-electron chi connectivity index (χ2n) is 7.84. The van der Waals surface area contributed by atoms with Crippen LogP contribution in [-0.4, -0.2) is 29.9 Å². The topological polar surface area (TPSA) is 65.4 Å². The van der Waals surface area contributed by atoms with Crippen molar-refractivity contribution >= 4 is 11.7 Å². The number of carbonyl (C=O) groups is 1. The van der Waals surface area contributed by atoms with Crippen molar-refractivity contribution in [2.75, 3.05) is 19.5 Å². The Morgan fingerprint density at radius 1 is 1.03 bits per heavy atom. The Kier molecular flexibility index (Phi) is 5.92. The molecule has 3 aromatic rings. The van der Waals surface area contributed by atoms with Crippen molar-refractivity contribution in [2.45, 2.75) is 32.7 Å². The molecule has 0 aliphatic carbocycles. The first-order valence-corrected chi connectivity index (χ1v) is 9.46. The van der Waals surface area contributed by atoms with Crippen LogP contribution in [0.1, 0.15) is 42.3 Å². The maximum absolute atomic E-state index is 12.8. The Hall–Kier alpha value is -3.28. The molecule has 0 unspecified atom stereocenters. The Morgan fingerprint density at radius 2 is 1.76 bits per heavy atom. The van der Waals surface area contributed by atoms with Crippen LogP contribution in [0.4, 0.5) is 5.82 Å². The zero-order chi connectivity index (χ0) is 21.0. The largest absolute Gasteiger partial charge is 0.497 e. The fourth-order valence-electron chi connectivity index (χ4n) is 3.02. The third-order valence-corrected chi connectivity index (χ3v) is 4.76. The van der Waals surface area contributed by atoms with Gasteiger partial charge in [-0.2, -0.15) is 5.10 Å². The first kappa shape index (κ1) is 20.5. The molecule has 6 nitrogen and oxygen atoms in total. The molecule has 0 fully saturated rings. The van der Waals surface area contributed by atoms with Gasteiger partial charge < -0.3 is 14.8 Å². The first-order valence-electron chi connectivity index (χ1n) is 9.46. The van der Waals surface area contributed by atoms with E-state index in [1.807, 2.05) is 0 Å². The highest BCUT2D eigenvalue weighted by molar-refractivity contribution is 6.05. The Balaban J connectivity index is 1.76. The molecule has 1 amide bonds. The summed E-state index contributed by atoms with van der Waals surface area (Å²) in [4.78, 5) is 12.8. The van der Waals surface area contributed by atoms with Gasteiger partial charge in [-0.3, -0.25) is 4.79 Å². The van der Waals surface area contributed by atoms with Gasteiger partial charge in [0.05, 0.1) is 32.5 Å². The van der Waals surface area contributed by atoms with Crippen molar-refractivity contribution in [3.63, 3.8) is 0 Å². The van der Waals surface area contributed by atoms with Crippen LogP contribution in [0.25, 0.3) is 0 Å². The van der Waals surface area contributed by atoms with Crippen LogP contribution in [0.5, 0.6) is 11.5 Å². The van der Waals surface area contributed by atoms with E-state index >= 15 is 0 Å². The molecule has 0 spiro atoms. The Bertz CT molecular complexity index is 985. The zero-order valence-corrected chi connectivity index (χ0v) is 17.5. The minimum absolute atomic E-state index is 0.112. The maximum atomic E-state index is 12.8. The molecular formula is C23H27N3O3. The van der Waals surface area contributed by atoms with Gasteiger partial charge in [-0.15, -0.1) is 0 Å². The van der Waals surface area contributed by atoms with Gasteiger partial charge in [0.2, 0.25) is 0 Å². The van der Waals surface area contributed by atoms with Crippen molar-refractivity contribution in [3.05, 3.63) is 71.4 Å². The number of anilines is 1. The average molecular weight is 393 g/mol. The van der Waals surface area contributed by atoms with E-state index in [4.69, 9.17) is 9.47 Å². The number of aromatic nitrogens is 2. The van der Waals surface area contributed by atoms with Crippen LogP contribution in [-0.2, 0) is 12.0 Å². The summed E-state index contributed by atoms with van der Waals surface area (Å²) < 4.78 is 12.3. The molecule has 0 atom stereocenters. The lowest BCUT2D eigenvalue weighted by Gasteiger charge is -2.19. The van der Waals surface area contributed by atoms with Crippen LogP contribution in [0, 0.1) is 0 Å². The molecule has 29 heavy (non-hydrogen) atoms. The Morgan fingerprint density at radius 3 is 2.38 bits per heavy atom. The second kappa shape index (κ2) is 8.39. The second-order valence-corrected chi connectivity index (χ2v) is 7.84. The summed E-state index contributed by atoms with van der Waals surface area (Å²) in [7, 11) is 3.10. The Labute approximate surface area is 171 Å². The van der Waals surface area contributed by atoms with Crippen LogP contribution in [0.3, 0.4) is 0 Å². The summed E-state index contributed by atoms with van der Waals surface area (Å²) in [5, 5.41) is 7.27. The van der Waals surface area contributed by atoms with Gasteiger partial charge in [0, 0.05) is 12.1 Å². The molecule has 0 saturated carbocycles. The molecule has 0 aliphatic rings. The number of benzene rings is 2. The summed E-state index contributed by atoms with van der Waals surface area (Å²) >= 11 is 0. The maximum Gasteiger partial charge on any atom is 0.260 e. The van der Waals surface area contributed by atoms with Gasteiger partial charge in [-0.25, -0.2) is 4.68 Å². The summed E-state index contributed by atoms with van der Waals surface area (Å²) in [5.41, 5.74) is 2.93. The fourth-order valence-corrected chi connectivity index (χ4v) is 3.02. The number of nitrogens with zero attached hydrogens (tertiary/aromatic N) is 2. The van der Waals surface area contributed by atoms with E-state index in [0.717, 1.165) is 5.56 Å². The molecule has 2 aromatic carbocycles. The molecule has 1 aromatic heterocycles. The lowest BCUT2D eigenvalue weighted by molar-refractivity contribution is 0.102. The number of amides is 1. The summed E-state index contributed by atoms with van der Waals surface area (Å²) in [5.74, 6) is 1.43. The number of nitrogens with one attached hydrogen (secondary N) is 1. The highest BCUT2D eigenvalue weighted by Gasteiger charge is 2.16. The number of hydrogen-bond donors (Lipinski definition) is 1. The molecule has 0 saturated heterocycles. The first-order chi connectivity index (χ1) is 13.8. The van der Waals surface area contributed by atoms with Crippen LogP contribution < -0.4 is 14.8 Å². The van der Waals surface area contributed by atoms with Crippen molar-refractivity contribution in [2.24, 2.45) is 0 Å². The fraction of sp³-hybridized carbons (Fsp3) is 0.304. The number of ether oxygens (including phenoxy) is 2. The lowest BCUT2D eigenvalue weighted by atomic mass is 9.87.